The number of carbonyl (C=O) groups excluding carboxylic acids is 1. The monoisotopic (exact) mass is 489 g/mol. The van der Waals surface area contributed by atoms with Gasteiger partial charge >= 0.3 is 17.7 Å². The second-order valence-corrected chi connectivity index (χ2v) is 8.57. The van der Waals surface area contributed by atoms with Crippen LogP contribution in [0.2, 0.25) is 0 Å². The fourth-order valence-corrected chi connectivity index (χ4v) is 4.47. The number of tetrazole rings is 1. The Kier molecular flexibility index (Phi) is 6.81. The Morgan fingerprint density at radius 1 is 1.20 bits per heavy atom. The largest absolute Gasteiger partial charge is 0.496 e. The maximum atomic E-state index is 14.7. The van der Waals surface area contributed by atoms with Gasteiger partial charge < -0.3 is 9.84 Å². The number of carbonyl (C=O) groups is 2. The lowest BCUT2D eigenvalue weighted by molar-refractivity contribution is 0.0693. The zero-order valence-corrected chi connectivity index (χ0v) is 19.2. The van der Waals surface area contributed by atoms with E-state index in [0.717, 1.165) is 25.3 Å². The van der Waals surface area contributed by atoms with E-state index < -0.39 is 41.3 Å². The number of rotatable bonds is 5. The van der Waals surface area contributed by atoms with E-state index in [4.69, 9.17) is 4.74 Å². The molecule has 0 saturated heterocycles. The van der Waals surface area contributed by atoms with Gasteiger partial charge in [-0.3, -0.25) is 4.90 Å². The van der Waals surface area contributed by atoms with Crippen LogP contribution in [0.25, 0.3) is 5.70 Å². The SMILES string of the molecule is COc1ccc(N(C(=O)n2nnn(C3=C(F)C=CC(C)C3F)c2=O)C2CCCCC2)cc1C(=O)O. The molecule has 2 aliphatic carbocycles. The van der Waals surface area contributed by atoms with Gasteiger partial charge in [-0.25, -0.2) is 23.2 Å². The number of hydrogen-bond donors (Lipinski definition) is 1. The van der Waals surface area contributed by atoms with Crippen LogP contribution < -0.4 is 15.3 Å². The molecule has 1 aromatic carbocycles. The lowest BCUT2D eigenvalue weighted by Crippen LogP contribution is -2.47. The molecule has 1 amide bonds. The number of amides is 1. The highest BCUT2D eigenvalue weighted by molar-refractivity contribution is 5.97. The summed E-state index contributed by atoms with van der Waals surface area (Å²) in [7, 11) is 1.33. The van der Waals surface area contributed by atoms with Crippen molar-refractivity contribution in [3.05, 3.63) is 52.2 Å². The number of halogens is 2. The van der Waals surface area contributed by atoms with Crippen molar-refractivity contribution in [2.75, 3.05) is 12.0 Å². The smallest absolute Gasteiger partial charge is 0.377 e. The Morgan fingerprint density at radius 2 is 1.91 bits per heavy atom. The molecule has 2 aromatic rings. The van der Waals surface area contributed by atoms with Crippen molar-refractivity contribution in [1.29, 1.82) is 0 Å². The summed E-state index contributed by atoms with van der Waals surface area (Å²) in [5.74, 6) is -2.83. The molecule has 10 nitrogen and oxygen atoms in total. The van der Waals surface area contributed by atoms with Crippen LogP contribution in [0.1, 0.15) is 49.4 Å². The predicted molar refractivity (Wildman–Crippen MR) is 122 cm³/mol. The van der Waals surface area contributed by atoms with Gasteiger partial charge in [-0.05, 0) is 47.5 Å². The molecule has 2 atom stereocenters. The van der Waals surface area contributed by atoms with Crippen LogP contribution >= 0.6 is 0 Å². The number of methoxy groups -OCH3 is 1. The van der Waals surface area contributed by atoms with E-state index >= 15 is 0 Å². The molecule has 0 radical (unpaired) electrons. The van der Waals surface area contributed by atoms with Gasteiger partial charge in [0.15, 0.2) is 6.17 Å². The molecule has 0 bridgehead atoms. The number of ether oxygens (including phenoxy) is 1. The number of alkyl halides is 1. The normalized spacial score (nSPS) is 20.7. The van der Waals surface area contributed by atoms with Gasteiger partial charge in [0.1, 0.15) is 22.8 Å². The molecule has 4 rings (SSSR count). The lowest BCUT2D eigenvalue weighted by Gasteiger charge is -2.33. The van der Waals surface area contributed by atoms with Gasteiger partial charge in [0.2, 0.25) is 0 Å². The average Bonchev–Trinajstić information content (AvgIpc) is 3.23. The fraction of sp³-hybridized carbons (Fsp3) is 0.435. The molecule has 2 unspecified atom stereocenters. The van der Waals surface area contributed by atoms with Crippen molar-refractivity contribution in [3.63, 3.8) is 0 Å². The third kappa shape index (κ3) is 4.47. The summed E-state index contributed by atoms with van der Waals surface area (Å²) in [6.07, 6.45) is 4.42. The Labute approximate surface area is 199 Å². The molecule has 1 heterocycles. The first-order chi connectivity index (χ1) is 16.7. The highest BCUT2D eigenvalue weighted by Gasteiger charge is 2.34. The van der Waals surface area contributed by atoms with E-state index in [1.807, 2.05) is 0 Å². The van der Waals surface area contributed by atoms with Crippen LogP contribution in [0.4, 0.5) is 19.3 Å². The fourth-order valence-electron chi connectivity index (χ4n) is 4.47. The predicted octanol–water partition coefficient (Wildman–Crippen LogP) is 3.64. The first-order valence-corrected chi connectivity index (χ1v) is 11.3. The van der Waals surface area contributed by atoms with Crippen molar-refractivity contribution in [1.82, 2.24) is 19.8 Å². The Balaban J connectivity index is 1.79. The second kappa shape index (κ2) is 9.80. The minimum absolute atomic E-state index is 0.108. The summed E-state index contributed by atoms with van der Waals surface area (Å²) in [5, 5.41) is 16.8. The second-order valence-electron chi connectivity index (χ2n) is 8.57. The Hall–Kier alpha value is -3.83. The molecule has 2 aliphatic rings. The maximum absolute atomic E-state index is 14.7. The molecule has 0 spiro atoms. The number of nitrogens with zero attached hydrogens (tertiary/aromatic N) is 5. The van der Waals surface area contributed by atoms with Gasteiger partial charge in [0, 0.05) is 17.6 Å². The van der Waals surface area contributed by atoms with Gasteiger partial charge in [-0.2, -0.15) is 4.68 Å². The molecule has 35 heavy (non-hydrogen) atoms. The number of carboxylic acid groups (broad SMARTS) is 1. The third-order valence-corrected chi connectivity index (χ3v) is 6.34. The van der Waals surface area contributed by atoms with Crippen LogP contribution in [0.15, 0.2) is 41.0 Å². The maximum Gasteiger partial charge on any atom is 0.377 e. The van der Waals surface area contributed by atoms with E-state index in [1.165, 1.54) is 43.2 Å². The van der Waals surface area contributed by atoms with Crippen LogP contribution in [0.5, 0.6) is 5.75 Å². The van der Waals surface area contributed by atoms with Crippen LogP contribution in [0.3, 0.4) is 0 Å². The van der Waals surface area contributed by atoms with E-state index in [-0.39, 0.29) is 23.0 Å². The van der Waals surface area contributed by atoms with E-state index in [2.05, 4.69) is 10.4 Å². The Bertz CT molecular complexity index is 1260. The molecular formula is C23H25F2N5O5. The van der Waals surface area contributed by atoms with E-state index in [0.29, 0.717) is 22.2 Å². The number of allylic oxidation sites excluding steroid dienone is 4. The zero-order chi connectivity index (χ0) is 25.3. The van der Waals surface area contributed by atoms with Crippen LogP contribution in [-0.4, -0.2) is 56.2 Å². The number of aromatic carboxylic acids is 1. The zero-order valence-electron chi connectivity index (χ0n) is 19.2. The first kappa shape index (κ1) is 24.3. The standard InChI is InChI=1S/C23H25F2N5O5/c1-13-8-10-17(24)20(19(13)25)29-23(34)30(27-26-29)22(33)28(14-6-4-3-5-7-14)15-9-11-18(35-2)16(12-15)21(31)32/h8-14,19H,3-7H2,1-2H3,(H,31,32). The first-order valence-electron chi connectivity index (χ1n) is 11.3. The number of hydrogen-bond acceptors (Lipinski definition) is 6. The van der Waals surface area contributed by atoms with Gasteiger partial charge in [0.05, 0.1) is 7.11 Å². The number of aromatic nitrogens is 4. The minimum Gasteiger partial charge on any atom is -0.496 e. The summed E-state index contributed by atoms with van der Waals surface area (Å²) in [6.45, 7) is 1.52. The van der Waals surface area contributed by atoms with Crippen molar-refractivity contribution in [3.8, 4) is 5.75 Å². The topological polar surface area (TPSA) is 120 Å². The lowest BCUT2D eigenvalue weighted by atomic mass is 9.94. The molecule has 12 heteroatoms. The summed E-state index contributed by atoms with van der Waals surface area (Å²) < 4.78 is 35.1. The van der Waals surface area contributed by atoms with Crippen LogP contribution in [0, 0.1) is 5.92 Å². The molecule has 0 aliphatic heterocycles. The molecule has 1 aromatic heterocycles. The van der Waals surface area contributed by atoms with Crippen LogP contribution in [-0.2, 0) is 0 Å². The van der Waals surface area contributed by atoms with E-state index in [1.54, 1.807) is 0 Å². The molecular weight excluding hydrogens is 464 g/mol. The number of anilines is 1. The number of carboxylic acids is 1. The highest BCUT2D eigenvalue weighted by Crippen LogP contribution is 2.32. The van der Waals surface area contributed by atoms with Crippen molar-refractivity contribution in [2.24, 2.45) is 5.92 Å². The van der Waals surface area contributed by atoms with Gasteiger partial charge in [0.25, 0.3) is 0 Å². The van der Waals surface area contributed by atoms with Crippen molar-refractivity contribution in [2.45, 2.75) is 51.2 Å². The molecule has 1 fully saturated rings. The Morgan fingerprint density at radius 3 is 2.57 bits per heavy atom. The molecule has 186 valence electrons. The average molecular weight is 489 g/mol. The summed E-state index contributed by atoms with van der Waals surface area (Å²) in [6, 6.07) is 2.99. The van der Waals surface area contributed by atoms with Crippen molar-refractivity contribution >= 4 is 23.4 Å². The minimum atomic E-state index is -1.85. The highest BCUT2D eigenvalue weighted by atomic mass is 19.1. The summed E-state index contributed by atoms with van der Waals surface area (Å²) in [5.41, 5.74) is -1.68. The quantitative estimate of drug-likeness (QED) is 0.637. The summed E-state index contributed by atoms with van der Waals surface area (Å²) in [4.78, 5) is 39.7. The molecule has 1 N–H and O–H groups in total. The third-order valence-electron chi connectivity index (χ3n) is 6.34. The summed E-state index contributed by atoms with van der Waals surface area (Å²) >= 11 is 0. The van der Waals surface area contributed by atoms with Crippen molar-refractivity contribution < 1.29 is 28.2 Å². The van der Waals surface area contributed by atoms with Gasteiger partial charge in [-0.1, -0.05) is 32.3 Å². The van der Waals surface area contributed by atoms with Gasteiger partial charge in [-0.15, -0.1) is 4.68 Å². The van der Waals surface area contributed by atoms with E-state index in [9.17, 15) is 28.3 Å². The number of benzene rings is 1. The molecule has 1 saturated carbocycles.